The zero-order valence-electron chi connectivity index (χ0n) is 10.1. The summed E-state index contributed by atoms with van der Waals surface area (Å²) in [4.78, 5) is 1.73. The normalized spacial score (nSPS) is 10.8. The fourth-order valence-corrected chi connectivity index (χ4v) is 3.65. The molecule has 0 atom stereocenters. The maximum absolute atomic E-state index is 9.68. The first-order valence-electron chi connectivity index (χ1n) is 5.71. The van der Waals surface area contributed by atoms with Crippen LogP contribution in [0.3, 0.4) is 0 Å². The molecule has 3 aromatic rings. The van der Waals surface area contributed by atoms with Crippen molar-refractivity contribution in [1.29, 1.82) is 0 Å². The smallest absolute Gasteiger partial charge is 0.257 e. The molecule has 0 unspecified atom stereocenters. The third-order valence-electron chi connectivity index (χ3n) is 2.47. The predicted molar refractivity (Wildman–Crippen MR) is 83.0 cm³/mol. The Morgan fingerprint density at radius 3 is 2.80 bits per heavy atom. The minimum Gasteiger partial charge on any atom is -0.507 e. The largest absolute Gasteiger partial charge is 0.507 e. The van der Waals surface area contributed by atoms with Crippen molar-refractivity contribution in [2.24, 2.45) is 0 Å². The van der Waals surface area contributed by atoms with Gasteiger partial charge in [0.25, 0.3) is 5.89 Å². The predicted octanol–water partition coefficient (Wildman–Crippen LogP) is 4.56. The van der Waals surface area contributed by atoms with Crippen molar-refractivity contribution in [3.8, 4) is 16.5 Å². The van der Waals surface area contributed by atoms with Crippen molar-refractivity contribution < 1.29 is 9.52 Å². The van der Waals surface area contributed by atoms with Crippen molar-refractivity contribution in [3.05, 3.63) is 46.1 Å². The SMILES string of the molecule is Oc1ccccc1SCc1nnc(-c2ccc(Br)s2)o1. The number of hydrogen-bond donors (Lipinski definition) is 1. The van der Waals surface area contributed by atoms with Crippen LogP contribution in [0.4, 0.5) is 0 Å². The van der Waals surface area contributed by atoms with Gasteiger partial charge in [-0.05, 0) is 40.2 Å². The molecule has 0 fully saturated rings. The molecule has 7 heteroatoms. The topological polar surface area (TPSA) is 59.2 Å². The third kappa shape index (κ3) is 3.05. The fourth-order valence-electron chi connectivity index (χ4n) is 1.56. The van der Waals surface area contributed by atoms with Gasteiger partial charge in [-0.2, -0.15) is 0 Å². The van der Waals surface area contributed by atoms with Gasteiger partial charge in [0.1, 0.15) is 5.75 Å². The minimum absolute atomic E-state index is 0.263. The molecule has 0 saturated heterocycles. The molecule has 0 saturated carbocycles. The number of aromatic nitrogens is 2. The van der Waals surface area contributed by atoms with Crippen LogP contribution < -0.4 is 0 Å². The molecular weight excluding hydrogens is 360 g/mol. The van der Waals surface area contributed by atoms with Gasteiger partial charge in [0, 0.05) is 4.90 Å². The van der Waals surface area contributed by atoms with E-state index >= 15 is 0 Å². The Kier molecular flexibility index (Phi) is 4.09. The maximum atomic E-state index is 9.68. The minimum atomic E-state index is 0.263. The Morgan fingerprint density at radius 2 is 2.05 bits per heavy atom. The van der Waals surface area contributed by atoms with Gasteiger partial charge in [-0.1, -0.05) is 12.1 Å². The number of nitrogens with zero attached hydrogens (tertiary/aromatic N) is 2. The number of thioether (sulfide) groups is 1. The van der Waals surface area contributed by atoms with Crippen LogP contribution in [0, 0.1) is 0 Å². The molecule has 3 rings (SSSR count). The second kappa shape index (κ2) is 5.99. The molecule has 0 aliphatic heterocycles. The van der Waals surface area contributed by atoms with Gasteiger partial charge in [-0.15, -0.1) is 33.3 Å². The van der Waals surface area contributed by atoms with E-state index in [0.29, 0.717) is 17.5 Å². The quantitative estimate of drug-likeness (QED) is 0.684. The molecule has 0 aliphatic rings. The molecule has 102 valence electrons. The summed E-state index contributed by atoms with van der Waals surface area (Å²) >= 11 is 6.41. The first-order valence-corrected chi connectivity index (χ1v) is 8.31. The van der Waals surface area contributed by atoms with Crippen molar-refractivity contribution in [1.82, 2.24) is 10.2 Å². The van der Waals surface area contributed by atoms with E-state index in [0.717, 1.165) is 13.6 Å². The standard InChI is InChI=1S/C13H9BrN2O2S2/c14-11-6-5-10(20-11)13-16-15-12(18-13)7-19-9-4-2-1-3-8(9)17/h1-6,17H,7H2. The molecule has 0 aliphatic carbocycles. The van der Waals surface area contributed by atoms with E-state index in [2.05, 4.69) is 26.1 Å². The van der Waals surface area contributed by atoms with Gasteiger partial charge in [0.2, 0.25) is 5.89 Å². The molecule has 20 heavy (non-hydrogen) atoms. The molecule has 0 spiro atoms. The number of halogens is 1. The molecule has 1 aromatic carbocycles. The van der Waals surface area contributed by atoms with E-state index in [1.54, 1.807) is 23.5 Å². The second-order valence-electron chi connectivity index (χ2n) is 3.86. The fraction of sp³-hybridized carbons (Fsp3) is 0.0769. The number of hydrogen-bond acceptors (Lipinski definition) is 6. The summed E-state index contributed by atoms with van der Waals surface area (Å²) in [6.45, 7) is 0. The van der Waals surface area contributed by atoms with E-state index in [9.17, 15) is 5.11 Å². The molecule has 4 nitrogen and oxygen atoms in total. The van der Waals surface area contributed by atoms with Crippen LogP contribution in [0.2, 0.25) is 0 Å². The zero-order chi connectivity index (χ0) is 13.9. The Hall–Kier alpha value is -1.31. The summed E-state index contributed by atoms with van der Waals surface area (Å²) in [7, 11) is 0. The molecule has 1 N–H and O–H groups in total. The highest BCUT2D eigenvalue weighted by atomic mass is 79.9. The molecule has 2 heterocycles. The lowest BCUT2D eigenvalue weighted by Crippen LogP contribution is -1.80. The number of phenols is 1. The highest BCUT2D eigenvalue weighted by molar-refractivity contribution is 9.11. The monoisotopic (exact) mass is 368 g/mol. The lowest BCUT2D eigenvalue weighted by Gasteiger charge is -2.00. The number of aromatic hydroxyl groups is 1. The number of thiophene rings is 1. The second-order valence-corrected chi connectivity index (χ2v) is 7.34. The Morgan fingerprint density at radius 1 is 1.20 bits per heavy atom. The van der Waals surface area contributed by atoms with E-state index in [1.165, 1.54) is 11.8 Å². The van der Waals surface area contributed by atoms with Crippen LogP contribution in [-0.2, 0) is 5.75 Å². The van der Waals surface area contributed by atoms with Crippen molar-refractivity contribution >= 4 is 39.0 Å². The van der Waals surface area contributed by atoms with Gasteiger partial charge in [-0.25, -0.2) is 0 Å². The average Bonchev–Trinajstić information content (AvgIpc) is 3.06. The van der Waals surface area contributed by atoms with Gasteiger partial charge >= 0.3 is 0 Å². The summed E-state index contributed by atoms with van der Waals surface area (Å²) in [6.07, 6.45) is 0. The summed E-state index contributed by atoms with van der Waals surface area (Å²) in [5.41, 5.74) is 0. The molecule has 2 aromatic heterocycles. The van der Waals surface area contributed by atoms with Crippen LogP contribution in [-0.4, -0.2) is 15.3 Å². The maximum Gasteiger partial charge on any atom is 0.257 e. The van der Waals surface area contributed by atoms with E-state index in [-0.39, 0.29) is 5.75 Å². The Labute approximate surface area is 132 Å². The van der Waals surface area contributed by atoms with Crippen LogP contribution >= 0.6 is 39.0 Å². The number of rotatable bonds is 4. The van der Waals surface area contributed by atoms with E-state index in [1.807, 2.05) is 24.3 Å². The number of benzene rings is 1. The van der Waals surface area contributed by atoms with Crippen LogP contribution in [0.5, 0.6) is 5.75 Å². The van der Waals surface area contributed by atoms with Gasteiger partial charge in [0.15, 0.2) is 0 Å². The first-order chi connectivity index (χ1) is 9.72. The van der Waals surface area contributed by atoms with Crippen LogP contribution in [0.15, 0.2) is 49.5 Å². The van der Waals surface area contributed by atoms with Crippen LogP contribution in [0.25, 0.3) is 10.8 Å². The number of para-hydroxylation sites is 1. The molecule has 0 bridgehead atoms. The molecule has 0 radical (unpaired) electrons. The summed E-state index contributed by atoms with van der Waals surface area (Å²) in [5.74, 6) is 1.85. The first kappa shape index (κ1) is 13.7. The lowest BCUT2D eigenvalue weighted by atomic mass is 10.3. The Bertz CT molecular complexity index is 726. The number of phenolic OH excluding ortho intramolecular Hbond substituents is 1. The van der Waals surface area contributed by atoms with Gasteiger partial charge in [0.05, 0.1) is 14.4 Å². The van der Waals surface area contributed by atoms with E-state index in [4.69, 9.17) is 4.42 Å². The van der Waals surface area contributed by atoms with Crippen molar-refractivity contribution in [3.63, 3.8) is 0 Å². The lowest BCUT2D eigenvalue weighted by molar-refractivity contribution is 0.462. The van der Waals surface area contributed by atoms with Gasteiger partial charge < -0.3 is 9.52 Å². The highest BCUT2D eigenvalue weighted by Gasteiger charge is 2.11. The molecule has 0 amide bonds. The highest BCUT2D eigenvalue weighted by Crippen LogP contribution is 2.33. The van der Waals surface area contributed by atoms with Crippen LogP contribution in [0.1, 0.15) is 5.89 Å². The summed E-state index contributed by atoms with van der Waals surface area (Å²) < 4.78 is 6.63. The average molecular weight is 369 g/mol. The summed E-state index contributed by atoms with van der Waals surface area (Å²) in [5, 5.41) is 17.7. The zero-order valence-corrected chi connectivity index (χ0v) is 13.3. The van der Waals surface area contributed by atoms with E-state index < -0.39 is 0 Å². The van der Waals surface area contributed by atoms with Crippen molar-refractivity contribution in [2.45, 2.75) is 10.6 Å². The van der Waals surface area contributed by atoms with Gasteiger partial charge in [-0.3, -0.25) is 0 Å². The summed E-state index contributed by atoms with van der Waals surface area (Å²) in [6, 6.07) is 11.1. The Balaban J connectivity index is 1.70. The molecular formula is C13H9BrN2O2S2. The third-order valence-corrected chi connectivity index (χ3v) is 5.13. The van der Waals surface area contributed by atoms with Crippen molar-refractivity contribution in [2.75, 3.05) is 0 Å².